The van der Waals surface area contributed by atoms with Crippen molar-refractivity contribution in [3.8, 4) is 0 Å². The lowest BCUT2D eigenvalue weighted by Gasteiger charge is -2.38. The molecule has 15 heavy (non-hydrogen) atoms. The SMILES string of the molecule is CC1(C2CCC2)CC(=O)N(CCC=O)O1. The number of carbonyl (C=O) groups is 2. The molecule has 4 nitrogen and oxygen atoms in total. The third kappa shape index (κ3) is 1.91. The Morgan fingerprint density at radius 1 is 1.60 bits per heavy atom. The zero-order chi connectivity index (χ0) is 10.9. The van der Waals surface area contributed by atoms with Gasteiger partial charge in [-0.2, -0.15) is 0 Å². The smallest absolute Gasteiger partial charge is 0.249 e. The summed E-state index contributed by atoms with van der Waals surface area (Å²) < 4.78 is 0. The zero-order valence-electron chi connectivity index (χ0n) is 9.07. The second-order valence-corrected chi connectivity index (χ2v) is 4.66. The molecule has 1 saturated heterocycles. The highest BCUT2D eigenvalue weighted by Crippen LogP contribution is 2.43. The van der Waals surface area contributed by atoms with E-state index < -0.39 is 0 Å². The van der Waals surface area contributed by atoms with Gasteiger partial charge in [0.2, 0.25) is 5.91 Å². The van der Waals surface area contributed by atoms with E-state index in [-0.39, 0.29) is 11.5 Å². The first-order valence-corrected chi connectivity index (χ1v) is 5.59. The molecule has 1 saturated carbocycles. The van der Waals surface area contributed by atoms with Crippen LogP contribution < -0.4 is 0 Å². The largest absolute Gasteiger partial charge is 0.303 e. The molecule has 1 heterocycles. The summed E-state index contributed by atoms with van der Waals surface area (Å²) in [5.74, 6) is 0.536. The van der Waals surface area contributed by atoms with Crippen molar-refractivity contribution in [2.75, 3.05) is 6.54 Å². The van der Waals surface area contributed by atoms with Gasteiger partial charge in [0, 0.05) is 6.42 Å². The third-order valence-electron chi connectivity index (χ3n) is 3.52. The highest BCUT2D eigenvalue weighted by atomic mass is 16.7. The molecule has 0 spiro atoms. The molecule has 0 N–H and O–H groups in total. The summed E-state index contributed by atoms with van der Waals surface area (Å²) in [5, 5.41) is 1.37. The van der Waals surface area contributed by atoms with Crippen molar-refractivity contribution in [3.05, 3.63) is 0 Å². The fourth-order valence-electron chi connectivity index (χ4n) is 2.30. The summed E-state index contributed by atoms with van der Waals surface area (Å²) in [4.78, 5) is 27.6. The van der Waals surface area contributed by atoms with Crippen molar-refractivity contribution in [1.29, 1.82) is 0 Å². The molecule has 0 aromatic heterocycles. The van der Waals surface area contributed by atoms with Crippen LogP contribution in [0.2, 0.25) is 0 Å². The standard InChI is InChI=1S/C11H17NO3/c1-11(9-4-2-5-9)8-10(14)12(15-11)6-3-7-13/h7,9H,2-6,8H2,1H3. The molecule has 84 valence electrons. The van der Waals surface area contributed by atoms with Crippen molar-refractivity contribution in [2.24, 2.45) is 5.92 Å². The average Bonchev–Trinajstić information content (AvgIpc) is 2.35. The van der Waals surface area contributed by atoms with E-state index in [9.17, 15) is 9.59 Å². The van der Waals surface area contributed by atoms with Crippen molar-refractivity contribution >= 4 is 12.2 Å². The lowest BCUT2D eigenvalue weighted by molar-refractivity contribution is -0.215. The molecule has 0 bridgehead atoms. The minimum atomic E-state index is -0.307. The van der Waals surface area contributed by atoms with E-state index in [4.69, 9.17) is 4.84 Å². The Labute approximate surface area is 89.5 Å². The van der Waals surface area contributed by atoms with Gasteiger partial charge in [0.05, 0.1) is 13.0 Å². The topological polar surface area (TPSA) is 46.6 Å². The maximum absolute atomic E-state index is 11.6. The molecule has 0 radical (unpaired) electrons. The van der Waals surface area contributed by atoms with Gasteiger partial charge in [-0.3, -0.25) is 9.63 Å². The Hall–Kier alpha value is -0.900. The molecule has 1 aliphatic heterocycles. The number of nitrogens with zero attached hydrogens (tertiary/aromatic N) is 1. The Morgan fingerprint density at radius 3 is 2.87 bits per heavy atom. The van der Waals surface area contributed by atoms with E-state index in [1.54, 1.807) is 0 Å². The number of rotatable bonds is 4. The Bertz CT molecular complexity index is 275. The molecule has 0 aromatic carbocycles. The summed E-state index contributed by atoms with van der Waals surface area (Å²) in [7, 11) is 0. The summed E-state index contributed by atoms with van der Waals surface area (Å²) in [5.41, 5.74) is -0.307. The molecule has 2 aliphatic rings. The summed E-state index contributed by atoms with van der Waals surface area (Å²) >= 11 is 0. The number of hydroxylamine groups is 2. The number of hydrogen-bond donors (Lipinski definition) is 0. The van der Waals surface area contributed by atoms with E-state index in [1.165, 1.54) is 11.5 Å². The number of amides is 1. The van der Waals surface area contributed by atoms with E-state index in [0.717, 1.165) is 19.1 Å². The molecule has 1 amide bonds. The first-order chi connectivity index (χ1) is 7.15. The van der Waals surface area contributed by atoms with E-state index in [1.807, 2.05) is 6.92 Å². The Morgan fingerprint density at radius 2 is 2.33 bits per heavy atom. The Balaban J connectivity index is 1.95. The van der Waals surface area contributed by atoms with Crippen molar-refractivity contribution < 1.29 is 14.4 Å². The maximum atomic E-state index is 11.6. The molecule has 0 aromatic rings. The van der Waals surface area contributed by atoms with Gasteiger partial charge in [-0.1, -0.05) is 6.42 Å². The van der Waals surface area contributed by atoms with Crippen LogP contribution >= 0.6 is 0 Å². The normalized spacial score (nSPS) is 31.8. The molecule has 1 aliphatic carbocycles. The highest BCUT2D eigenvalue weighted by molar-refractivity contribution is 5.78. The highest BCUT2D eigenvalue weighted by Gasteiger charge is 2.48. The number of carbonyl (C=O) groups excluding carboxylic acids is 2. The molecular formula is C11H17NO3. The molecular weight excluding hydrogens is 194 g/mol. The zero-order valence-corrected chi connectivity index (χ0v) is 9.07. The van der Waals surface area contributed by atoms with Crippen LogP contribution in [0.1, 0.15) is 39.0 Å². The fraction of sp³-hybridized carbons (Fsp3) is 0.818. The van der Waals surface area contributed by atoms with Gasteiger partial charge in [0.25, 0.3) is 0 Å². The summed E-state index contributed by atoms with van der Waals surface area (Å²) in [6, 6.07) is 0. The second kappa shape index (κ2) is 3.93. The predicted molar refractivity (Wildman–Crippen MR) is 53.8 cm³/mol. The number of aldehydes is 1. The first kappa shape index (κ1) is 10.6. The molecule has 4 heteroatoms. The van der Waals surface area contributed by atoms with Crippen molar-refractivity contribution in [3.63, 3.8) is 0 Å². The summed E-state index contributed by atoms with van der Waals surface area (Å²) in [6.45, 7) is 2.40. The van der Waals surface area contributed by atoms with Crippen LogP contribution in [0.15, 0.2) is 0 Å². The van der Waals surface area contributed by atoms with Gasteiger partial charge in [-0.15, -0.1) is 0 Å². The van der Waals surface area contributed by atoms with Crippen LogP contribution in [0.3, 0.4) is 0 Å². The quantitative estimate of drug-likeness (QED) is 0.658. The van der Waals surface area contributed by atoms with Crippen LogP contribution in [0.25, 0.3) is 0 Å². The van der Waals surface area contributed by atoms with Gasteiger partial charge in [-0.25, -0.2) is 5.06 Å². The molecule has 1 atom stereocenters. The predicted octanol–water partition coefficient (Wildman–Crippen LogP) is 1.30. The molecule has 2 rings (SSSR count). The minimum absolute atomic E-state index is 0.0197. The molecule has 2 fully saturated rings. The minimum Gasteiger partial charge on any atom is -0.303 e. The maximum Gasteiger partial charge on any atom is 0.249 e. The lowest BCUT2D eigenvalue weighted by Crippen LogP contribution is -2.39. The van der Waals surface area contributed by atoms with Crippen LogP contribution in [-0.4, -0.2) is 29.4 Å². The summed E-state index contributed by atoms with van der Waals surface area (Å²) in [6.07, 6.45) is 5.20. The average molecular weight is 211 g/mol. The van der Waals surface area contributed by atoms with Crippen molar-refractivity contribution in [1.82, 2.24) is 5.06 Å². The van der Waals surface area contributed by atoms with Gasteiger partial charge in [0.1, 0.15) is 11.9 Å². The van der Waals surface area contributed by atoms with E-state index in [0.29, 0.717) is 25.3 Å². The van der Waals surface area contributed by atoms with Gasteiger partial charge < -0.3 is 4.79 Å². The van der Waals surface area contributed by atoms with Gasteiger partial charge in [0.15, 0.2) is 0 Å². The first-order valence-electron chi connectivity index (χ1n) is 5.59. The van der Waals surface area contributed by atoms with Gasteiger partial charge >= 0.3 is 0 Å². The van der Waals surface area contributed by atoms with Crippen LogP contribution in [0.4, 0.5) is 0 Å². The second-order valence-electron chi connectivity index (χ2n) is 4.66. The fourth-order valence-corrected chi connectivity index (χ4v) is 2.30. The monoisotopic (exact) mass is 211 g/mol. The third-order valence-corrected chi connectivity index (χ3v) is 3.52. The number of hydrogen-bond acceptors (Lipinski definition) is 3. The van der Waals surface area contributed by atoms with Gasteiger partial charge in [-0.05, 0) is 25.7 Å². The lowest BCUT2D eigenvalue weighted by atomic mass is 9.72. The van der Waals surface area contributed by atoms with Crippen LogP contribution in [0.5, 0.6) is 0 Å². The van der Waals surface area contributed by atoms with E-state index >= 15 is 0 Å². The van der Waals surface area contributed by atoms with Crippen molar-refractivity contribution in [2.45, 2.75) is 44.6 Å². The van der Waals surface area contributed by atoms with Crippen LogP contribution in [0, 0.1) is 5.92 Å². The van der Waals surface area contributed by atoms with E-state index in [2.05, 4.69) is 0 Å². The Kier molecular flexibility index (Phi) is 2.78. The molecule has 1 unspecified atom stereocenters. The van der Waals surface area contributed by atoms with Crippen LogP contribution in [-0.2, 0) is 14.4 Å².